The average molecular weight is 251 g/mol. The van der Waals surface area contributed by atoms with Crippen LogP contribution in [-0.2, 0) is 9.09 Å². The van der Waals surface area contributed by atoms with Crippen molar-refractivity contribution in [2.24, 2.45) is 0 Å². The highest BCUT2D eigenvalue weighted by atomic mass is 31.2. The summed E-state index contributed by atoms with van der Waals surface area (Å²) in [5, 5.41) is 0. The van der Waals surface area contributed by atoms with E-state index in [1.54, 1.807) is 4.67 Å². The van der Waals surface area contributed by atoms with Gasteiger partial charge in [0.2, 0.25) is 0 Å². The van der Waals surface area contributed by atoms with Crippen molar-refractivity contribution >= 4 is 7.75 Å². The SMILES string of the molecule is CCCCCN(CCCCC)P(=O)(O)OC. The van der Waals surface area contributed by atoms with Gasteiger partial charge in [0.1, 0.15) is 0 Å². The zero-order chi connectivity index (χ0) is 12.4. The maximum Gasteiger partial charge on any atom is 0.405 e. The van der Waals surface area contributed by atoms with Crippen molar-refractivity contribution in [3.8, 4) is 0 Å². The van der Waals surface area contributed by atoms with Gasteiger partial charge in [-0.25, -0.2) is 9.24 Å². The summed E-state index contributed by atoms with van der Waals surface area (Å²) in [6.45, 7) is 5.55. The van der Waals surface area contributed by atoms with Crippen molar-refractivity contribution in [3.63, 3.8) is 0 Å². The normalized spacial score (nSPS) is 15.3. The van der Waals surface area contributed by atoms with Gasteiger partial charge in [-0.2, -0.15) is 0 Å². The largest absolute Gasteiger partial charge is 0.405 e. The first-order valence-electron chi connectivity index (χ1n) is 6.22. The summed E-state index contributed by atoms with van der Waals surface area (Å²) in [6.07, 6.45) is 6.33. The molecule has 0 aliphatic carbocycles. The van der Waals surface area contributed by atoms with Gasteiger partial charge in [-0.05, 0) is 12.8 Å². The van der Waals surface area contributed by atoms with E-state index in [4.69, 9.17) is 4.52 Å². The minimum atomic E-state index is -3.53. The van der Waals surface area contributed by atoms with Crippen LogP contribution in [0.25, 0.3) is 0 Å². The van der Waals surface area contributed by atoms with Crippen LogP contribution in [0.3, 0.4) is 0 Å². The fraction of sp³-hybridized carbons (Fsp3) is 1.00. The van der Waals surface area contributed by atoms with Gasteiger partial charge in [0.05, 0.1) is 0 Å². The van der Waals surface area contributed by atoms with Gasteiger partial charge < -0.3 is 9.42 Å². The summed E-state index contributed by atoms with van der Waals surface area (Å²) in [5.74, 6) is 0. The Morgan fingerprint density at radius 2 is 1.50 bits per heavy atom. The molecule has 98 valence electrons. The van der Waals surface area contributed by atoms with Crippen LogP contribution in [-0.4, -0.2) is 29.8 Å². The lowest BCUT2D eigenvalue weighted by Gasteiger charge is -2.25. The molecule has 0 heterocycles. The van der Waals surface area contributed by atoms with Crippen LogP contribution in [0.5, 0.6) is 0 Å². The molecule has 16 heavy (non-hydrogen) atoms. The molecule has 1 unspecified atom stereocenters. The van der Waals surface area contributed by atoms with Crippen LogP contribution < -0.4 is 0 Å². The Morgan fingerprint density at radius 1 is 1.06 bits per heavy atom. The Morgan fingerprint density at radius 3 is 1.81 bits per heavy atom. The Bertz CT molecular complexity index is 201. The molecular weight excluding hydrogens is 225 g/mol. The molecule has 0 fully saturated rings. The summed E-state index contributed by atoms with van der Waals surface area (Å²) in [6, 6.07) is 0. The summed E-state index contributed by atoms with van der Waals surface area (Å²) in [5.41, 5.74) is 0. The van der Waals surface area contributed by atoms with Crippen LogP contribution >= 0.6 is 7.75 Å². The molecule has 5 heteroatoms. The summed E-state index contributed by atoms with van der Waals surface area (Å²) >= 11 is 0. The second-order valence-electron chi connectivity index (χ2n) is 4.04. The fourth-order valence-corrected chi connectivity index (χ4v) is 2.59. The fourth-order valence-electron chi connectivity index (χ4n) is 1.57. The summed E-state index contributed by atoms with van der Waals surface area (Å²) in [7, 11) is -2.23. The first kappa shape index (κ1) is 16.1. The molecule has 0 aliphatic heterocycles. The third-order valence-electron chi connectivity index (χ3n) is 2.63. The molecule has 0 aliphatic rings. The van der Waals surface area contributed by atoms with Gasteiger partial charge in [0, 0.05) is 20.2 Å². The van der Waals surface area contributed by atoms with E-state index in [0.717, 1.165) is 38.5 Å². The Labute approximate surface area is 99.6 Å². The number of hydrogen-bond acceptors (Lipinski definition) is 2. The zero-order valence-electron chi connectivity index (χ0n) is 10.8. The van der Waals surface area contributed by atoms with Gasteiger partial charge >= 0.3 is 7.75 Å². The third-order valence-corrected chi connectivity index (χ3v) is 4.23. The average Bonchev–Trinajstić information content (AvgIpc) is 2.27. The Kier molecular flexibility index (Phi) is 9.24. The number of rotatable bonds is 10. The molecule has 1 N–H and O–H groups in total. The second-order valence-corrected chi connectivity index (χ2v) is 5.95. The minimum absolute atomic E-state index is 0.652. The predicted octanol–water partition coefficient (Wildman–Crippen LogP) is 3.42. The highest BCUT2D eigenvalue weighted by molar-refractivity contribution is 7.50. The minimum Gasteiger partial charge on any atom is -0.312 e. The predicted molar refractivity (Wildman–Crippen MR) is 67.5 cm³/mol. The highest BCUT2D eigenvalue weighted by Crippen LogP contribution is 2.45. The third kappa shape index (κ3) is 6.64. The van der Waals surface area contributed by atoms with E-state index in [9.17, 15) is 9.46 Å². The first-order chi connectivity index (χ1) is 7.58. The standard InChI is InChI=1S/C11H26NO3P/c1-4-6-8-10-12(11-9-7-5-2)16(13,14)15-3/h4-11H2,1-3H3,(H,13,14). The molecule has 0 amide bonds. The van der Waals surface area contributed by atoms with Gasteiger partial charge in [0.25, 0.3) is 0 Å². The van der Waals surface area contributed by atoms with E-state index < -0.39 is 7.75 Å². The number of unbranched alkanes of at least 4 members (excludes halogenated alkanes) is 4. The van der Waals surface area contributed by atoms with Crippen LogP contribution in [0.15, 0.2) is 0 Å². The molecule has 0 bridgehead atoms. The van der Waals surface area contributed by atoms with Crippen molar-refractivity contribution in [1.29, 1.82) is 0 Å². The monoisotopic (exact) mass is 251 g/mol. The van der Waals surface area contributed by atoms with Gasteiger partial charge in [-0.3, -0.25) is 0 Å². The molecule has 0 spiro atoms. The smallest absolute Gasteiger partial charge is 0.312 e. The maximum absolute atomic E-state index is 11.7. The molecule has 4 nitrogen and oxygen atoms in total. The Hall–Kier alpha value is 0.110. The molecule has 0 radical (unpaired) electrons. The van der Waals surface area contributed by atoms with Crippen molar-refractivity contribution in [3.05, 3.63) is 0 Å². The van der Waals surface area contributed by atoms with Gasteiger partial charge in [-0.1, -0.05) is 39.5 Å². The molecular formula is C11H26NO3P. The molecule has 0 aromatic rings. The summed E-state index contributed by atoms with van der Waals surface area (Å²) < 4.78 is 18.0. The van der Waals surface area contributed by atoms with E-state index in [1.807, 2.05) is 0 Å². The molecule has 0 rings (SSSR count). The number of hydrogen-bond donors (Lipinski definition) is 1. The molecule has 0 aromatic heterocycles. The van der Waals surface area contributed by atoms with E-state index in [-0.39, 0.29) is 0 Å². The van der Waals surface area contributed by atoms with Gasteiger partial charge in [-0.15, -0.1) is 0 Å². The lowest BCUT2D eigenvalue weighted by atomic mass is 10.2. The second kappa shape index (κ2) is 9.17. The van der Waals surface area contributed by atoms with Crippen molar-refractivity contribution in [1.82, 2.24) is 4.67 Å². The van der Waals surface area contributed by atoms with Crippen LogP contribution in [0, 0.1) is 0 Å². The van der Waals surface area contributed by atoms with E-state index in [0.29, 0.717) is 13.1 Å². The van der Waals surface area contributed by atoms with E-state index in [1.165, 1.54) is 7.11 Å². The maximum atomic E-state index is 11.7. The van der Waals surface area contributed by atoms with Crippen LogP contribution in [0.4, 0.5) is 0 Å². The quantitative estimate of drug-likeness (QED) is 0.477. The molecule has 1 atom stereocenters. The van der Waals surface area contributed by atoms with Crippen molar-refractivity contribution in [2.45, 2.75) is 52.4 Å². The van der Waals surface area contributed by atoms with Gasteiger partial charge in [0.15, 0.2) is 0 Å². The first-order valence-corrected chi connectivity index (χ1v) is 7.75. The van der Waals surface area contributed by atoms with Crippen LogP contribution in [0.1, 0.15) is 52.4 Å². The lowest BCUT2D eigenvalue weighted by molar-refractivity contribution is 0.231. The molecule has 0 saturated heterocycles. The van der Waals surface area contributed by atoms with Crippen molar-refractivity contribution < 1.29 is 14.0 Å². The number of nitrogens with zero attached hydrogens (tertiary/aromatic N) is 1. The van der Waals surface area contributed by atoms with Crippen LogP contribution in [0.2, 0.25) is 0 Å². The van der Waals surface area contributed by atoms with E-state index >= 15 is 0 Å². The Balaban J connectivity index is 4.10. The molecule has 0 saturated carbocycles. The molecule has 0 aromatic carbocycles. The zero-order valence-corrected chi connectivity index (χ0v) is 11.7. The topological polar surface area (TPSA) is 49.8 Å². The highest BCUT2D eigenvalue weighted by Gasteiger charge is 2.26. The van der Waals surface area contributed by atoms with Crippen molar-refractivity contribution in [2.75, 3.05) is 20.2 Å². The lowest BCUT2D eigenvalue weighted by Crippen LogP contribution is -2.23. The summed E-state index contributed by atoms with van der Waals surface area (Å²) in [4.78, 5) is 9.64. The van der Waals surface area contributed by atoms with E-state index in [2.05, 4.69) is 13.8 Å².